The van der Waals surface area contributed by atoms with Crippen LogP contribution < -0.4 is 10.1 Å². The molecular formula is C15H21N3O. The van der Waals surface area contributed by atoms with Crippen LogP contribution in [0.4, 0.5) is 0 Å². The van der Waals surface area contributed by atoms with Crippen molar-refractivity contribution in [3.8, 4) is 17.0 Å². The molecule has 102 valence electrons. The molecule has 0 fully saturated rings. The lowest BCUT2D eigenvalue weighted by atomic mass is 10.1. The van der Waals surface area contributed by atoms with Crippen LogP contribution in [0.2, 0.25) is 0 Å². The highest BCUT2D eigenvalue weighted by atomic mass is 16.5. The molecule has 0 amide bonds. The fourth-order valence-corrected chi connectivity index (χ4v) is 1.98. The first-order chi connectivity index (χ1) is 8.99. The molecule has 2 aromatic rings. The van der Waals surface area contributed by atoms with Crippen LogP contribution in [0.5, 0.6) is 5.75 Å². The minimum absolute atomic E-state index is 0.189. The molecule has 0 atom stereocenters. The molecule has 1 heterocycles. The Morgan fingerprint density at radius 1 is 1.26 bits per heavy atom. The first kappa shape index (κ1) is 13.6. The lowest BCUT2D eigenvalue weighted by molar-refractivity contribution is 0.415. The average Bonchev–Trinajstić information content (AvgIpc) is 2.81. The van der Waals surface area contributed by atoms with E-state index in [0.29, 0.717) is 0 Å². The van der Waals surface area contributed by atoms with Gasteiger partial charge in [0, 0.05) is 11.3 Å². The van der Waals surface area contributed by atoms with Gasteiger partial charge in [-0.15, -0.1) is 0 Å². The SMILES string of the molecule is CNC(C)(C)c1nc(-c2ccccc2OC)c(C)[nH]1. The van der Waals surface area contributed by atoms with Crippen molar-refractivity contribution in [2.45, 2.75) is 26.3 Å². The van der Waals surface area contributed by atoms with Gasteiger partial charge in [0.1, 0.15) is 11.6 Å². The molecule has 0 saturated carbocycles. The van der Waals surface area contributed by atoms with Gasteiger partial charge in [0.15, 0.2) is 0 Å². The van der Waals surface area contributed by atoms with E-state index in [4.69, 9.17) is 9.72 Å². The predicted molar refractivity (Wildman–Crippen MR) is 77.4 cm³/mol. The molecule has 19 heavy (non-hydrogen) atoms. The Bertz CT molecular complexity index is 573. The van der Waals surface area contributed by atoms with Crippen molar-refractivity contribution in [2.75, 3.05) is 14.2 Å². The van der Waals surface area contributed by atoms with E-state index in [1.807, 2.05) is 38.2 Å². The Morgan fingerprint density at radius 3 is 2.58 bits per heavy atom. The van der Waals surface area contributed by atoms with Gasteiger partial charge in [-0.1, -0.05) is 12.1 Å². The van der Waals surface area contributed by atoms with Gasteiger partial charge in [-0.25, -0.2) is 4.98 Å². The van der Waals surface area contributed by atoms with Crippen LogP contribution in [0.25, 0.3) is 11.3 Å². The van der Waals surface area contributed by atoms with Gasteiger partial charge in [-0.2, -0.15) is 0 Å². The Morgan fingerprint density at radius 2 is 1.95 bits per heavy atom. The summed E-state index contributed by atoms with van der Waals surface area (Å²) in [6, 6.07) is 7.93. The standard InChI is InChI=1S/C15H21N3O/c1-10-13(11-8-6-7-9-12(11)19-5)18-14(17-10)15(2,3)16-4/h6-9,16H,1-5H3,(H,17,18). The minimum atomic E-state index is -0.189. The molecule has 0 spiro atoms. The van der Waals surface area contributed by atoms with Crippen molar-refractivity contribution in [3.63, 3.8) is 0 Å². The third-order valence-electron chi connectivity index (χ3n) is 3.46. The average molecular weight is 259 g/mol. The van der Waals surface area contributed by atoms with Gasteiger partial charge < -0.3 is 15.0 Å². The van der Waals surface area contributed by atoms with E-state index in [1.165, 1.54) is 0 Å². The first-order valence-electron chi connectivity index (χ1n) is 6.39. The van der Waals surface area contributed by atoms with E-state index in [9.17, 15) is 0 Å². The fraction of sp³-hybridized carbons (Fsp3) is 0.400. The summed E-state index contributed by atoms with van der Waals surface area (Å²) in [6.45, 7) is 6.22. The molecule has 1 aromatic carbocycles. The summed E-state index contributed by atoms with van der Waals surface area (Å²) in [4.78, 5) is 8.09. The van der Waals surface area contributed by atoms with Crippen LogP contribution in [0.3, 0.4) is 0 Å². The monoisotopic (exact) mass is 259 g/mol. The van der Waals surface area contributed by atoms with Crippen LogP contribution in [-0.2, 0) is 5.54 Å². The van der Waals surface area contributed by atoms with Gasteiger partial charge in [0.2, 0.25) is 0 Å². The molecule has 0 aliphatic heterocycles. The van der Waals surface area contributed by atoms with Crippen molar-refractivity contribution < 1.29 is 4.74 Å². The normalized spacial score (nSPS) is 11.6. The molecule has 1 aromatic heterocycles. The number of rotatable bonds is 4. The molecule has 0 aliphatic carbocycles. The van der Waals surface area contributed by atoms with Crippen LogP contribution in [-0.4, -0.2) is 24.1 Å². The predicted octanol–water partition coefficient (Wildman–Crippen LogP) is 2.85. The van der Waals surface area contributed by atoms with Crippen molar-refractivity contribution in [3.05, 3.63) is 35.8 Å². The number of aryl methyl sites for hydroxylation is 1. The highest BCUT2D eigenvalue weighted by Crippen LogP contribution is 2.32. The number of H-pyrrole nitrogens is 1. The number of nitrogens with zero attached hydrogens (tertiary/aromatic N) is 1. The minimum Gasteiger partial charge on any atom is -0.496 e. The first-order valence-corrected chi connectivity index (χ1v) is 6.39. The Kier molecular flexibility index (Phi) is 3.62. The van der Waals surface area contributed by atoms with E-state index in [2.05, 4.69) is 24.1 Å². The quantitative estimate of drug-likeness (QED) is 0.887. The lowest BCUT2D eigenvalue weighted by Gasteiger charge is -2.20. The Labute approximate surface area is 114 Å². The third-order valence-corrected chi connectivity index (χ3v) is 3.46. The maximum absolute atomic E-state index is 5.41. The number of nitrogens with one attached hydrogen (secondary N) is 2. The largest absolute Gasteiger partial charge is 0.496 e. The van der Waals surface area contributed by atoms with Gasteiger partial charge in [0.25, 0.3) is 0 Å². The Hall–Kier alpha value is -1.81. The highest BCUT2D eigenvalue weighted by molar-refractivity contribution is 5.69. The maximum Gasteiger partial charge on any atom is 0.128 e. The van der Waals surface area contributed by atoms with Gasteiger partial charge in [0.05, 0.1) is 18.3 Å². The number of benzene rings is 1. The van der Waals surface area contributed by atoms with E-state index >= 15 is 0 Å². The maximum atomic E-state index is 5.41. The van der Waals surface area contributed by atoms with E-state index in [0.717, 1.165) is 28.5 Å². The number of aromatic nitrogens is 2. The van der Waals surface area contributed by atoms with Crippen molar-refractivity contribution in [1.82, 2.24) is 15.3 Å². The summed E-state index contributed by atoms with van der Waals surface area (Å²) in [5.74, 6) is 1.76. The fourth-order valence-electron chi connectivity index (χ4n) is 1.98. The molecular weight excluding hydrogens is 238 g/mol. The van der Waals surface area contributed by atoms with Gasteiger partial charge in [-0.05, 0) is 40.0 Å². The number of hydrogen-bond donors (Lipinski definition) is 2. The molecule has 0 aliphatic rings. The van der Waals surface area contributed by atoms with Gasteiger partial charge >= 0.3 is 0 Å². The number of aromatic amines is 1. The summed E-state index contributed by atoms with van der Waals surface area (Å²) >= 11 is 0. The van der Waals surface area contributed by atoms with Crippen LogP contribution >= 0.6 is 0 Å². The van der Waals surface area contributed by atoms with E-state index in [-0.39, 0.29) is 5.54 Å². The Balaban J connectivity index is 2.52. The molecule has 0 unspecified atom stereocenters. The number of hydrogen-bond acceptors (Lipinski definition) is 3. The second-order valence-electron chi connectivity index (χ2n) is 5.13. The molecule has 0 radical (unpaired) electrons. The number of para-hydroxylation sites is 1. The zero-order valence-electron chi connectivity index (χ0n) is 12.2. The van der Waals surface area contributed by atoms with Crippen molar-refractivity contribution in [2.24, 2.45) is 0 Å². The lowest BCUT2D eigenvalue weighted by Crippen LogP contribution is -2.34. The summed E-state index contributed by atoms with van der Waals surface area (Å²) in [7, 11) is 3.61. The topological polar surface area (TPSA) is 49.9 Å². The van der Waals surface area contributed by atoms with E-state index < -0.39 is 0 Å². The number of ether oxygens (including phenoxy) is 1. The second-order valence-corrected chi connectivity index (χ2v) is 5.13. The summed E-state index contributed by atoms with van der Waals surface area (Å²) in [5, 5.41) is 3.25. The molecule has 0 saturated heterocycles. The van der Waals surface area contributed by atoms with Crippen LogP contribution in [0, 0.1) is 6.92 Å². The zero-order valence-corrected chi connectivity index (χ0v) is 12.2. The number of imidazole rings is 1. The smallest absolute Gasteiger partial charge is 0.128 e. The van der Waals surface area contributed by atoms with Crippen LogP contribution in [0.15, 0.2) is 24.3 Å². The van der Waals surface area contributed by atoms with E-state index in [1.54, 1.807) is 7.11 Å². The molecule has 4 heteroatoms. The molecule has 2 N–H and O–H groups in total. The van der Waals surface area contributed by atoms with Crippen LogP contribution in [0.1, 0.15) is 25.4 Å². The molecule has 0 bridgehead atoms. The molecule has 2 rings (SSSR count). The number of methoxy groups -OCH3 is 1. The molecule has 4 nitrogen and oxygen atoms in total. The zero-order chi connectivity index (χ0) is 14.0. The van der Waals surface area contributed by atoms with Crippen molar-refractivity contribution in [1.29, 1.82) is 0 Å². The van der Waals surface area contributed by atoms with Gasteiger partial charge in [-0.3, -0.25) is 0 Å². The highest BCUT2D eigenvalue weighted by Gasteiger charge is 2.24. The second kappa shape index (κ2) is 5.05. The van der Waals surface area contributed by atoms with Crippen molar-refractivity contribution >= 4 is 0 Å². The summed E-state index contributed by atoms with van der Waals surface area (Å²) in [5.41, 5.74) is 2.81. The summed E-state index contributed by atoms with van der Waals surface area (Å²) in [6.07, 6.45) is 0. The third kappa shape index (κ3) is 2.49. The summed E-state index contributed by atoms with van der Waals surface area (Å²) < 4.78 is 5.41.